The molecule has 0 spiro atoms. The number of esters is 1. The highest BCUT2D eigenvalue weighted by molar-refractivity contribution is 5.93. The molecular formula is C107H175N9O32. The number of ketones is 6. The molecule has 1 heterocycles. The molecule has 0 radical (unpaired) electrons. The van der Waals surface area contributed by atoms with Gasteiger partial charge in [-0.05, 0) is 151 Å². The number of aromatic nitrogens is 2. The number of Topliss-reactive ketones (excluding diaryl/α,β-unsaturated/α-hetero) is 6. The van der Waals surface area contributed by atoms with E-state index in [1.165, 1.54) is 43.7 Å². The van der Waals surface area contributed by atoms with Gasteiger partial charge in [-0.1, -0.05) is 132 Å². The summed E-state index contributed by atoms with van der Waals surface area (Å²) in [7, 11) is 0. The molecule has 12 N–H and O–H groups in total. The van der Waals surface area contributed by atoms with Crippen molar-refractivity contribution in [3.8, 4) is 11.5 Å². The summed E-state index contributed by atoms with van der Waals surface area (Å²) < 4.78 is 60.3. The molecule has 8 atom stereocenters. The second kappa shape index (κ2) is 85.8. The molecule has 2 aromatic carbocycles. The zero-order valence-corrected chi connectivity index (χ0v) is 88.6. The molecule has 0 aliphatic rings. The summed E-state index contributed by atoms with van der Waals surface area (Å²) in [5.74, 6) is -8.75. The van der Waals surface area contributed by atoms with Gasteiger partial charge < -0.3 is 115 Å². The van der Waals surface area contributed by atoms with Crippen LogP contribution in [-0.4, -0.2) is 306 Å². The van der Waals surface area contributed by atoms with Crippen LogP contribution < -0.4 is 46.7 Å². The molecule has 3 aromatic rings. The lowest BCUT2D eigenvalue weighted by atomic mass is 9.88. The number of carboxylic acids is 4. The monoisotopic (exact) mass is 2100 g/mol. The molecule has 148 heavy (non-hydrogen) atoms. The van der Waals surface area contributed by atoms with E-state index in [-0.39, 0.29) is 272 Å². The number of carbonyl (C=O) groups excluding carboxylic acids is 13. The number of amides is 6. The minimum absolute atomic E-state index is 0. The number of ether oxygens (including phenoxy) is 11. The lowest BCUT2D eigenvalue weighted by molar-refractivity contribution is -0.159. The van der Waals surface area contributed by atoms with Crippen LogP contribution in [0.4, 0.5) is 0 Å². The van der Waals surface area contributed by atoms with Crippen LogP contribution in [0.3, 0.4) is 0 Å². The molecule has 41 heteroatoms. The first kappa shape index (κ1) is 133. The molecule has 41 nitrogen and oxygen atoms in total. The summed E-state index contributed by atoms with van der Waals surface area (Å²) in [6.45, 7) is 19.1. The van der Waals surface area contributed by atoms with Crippen molar-refractivity contribution in [1.82, 2.24) is 47.2 Å². The SMILES string of the molecule is CCCCCNC(=O)COCCOCCCC(=O)COCCOCCNC(=O)CC[C@H](CC(=O)CCCCCCCCCOc1ccc(C(=O)O)cc1)C(=O)O.CC[C@H](C(=O)N[C@H](C(=O)O[C@@H](Cc1cnc[nH]1)C(=O)CN[C@@H](CCCCNC(=O)COCCOCCNC(=O)COCCOCCCC(=O)CC[C@H](NC(=O)CCCCCCCCCOc1ccc(C(=O)O)cc1)C(=O)O)C(=O)C[C@@H](C)C(C)=O)C(C)C)[C@@H](C)CC.[HH].[HH]. The van der Waals surface area contributed by atoms with Gasteiger partial charge in [-0.25, -0.2) is 24.2 Å². The Hall–Kier alpha value is -10.9. The van der Waals surface area contributed by atoms with Gasteiger partial charge in [0.25, 0.3) is 0 Å². The summed E-state index contributed by atoms with van der Waals surface area (Å²) >= 11 is 0. The van der Waals surface area contributed by atoms with Crippen LogP contribution in [0.5, 0.6) is 11.5 Å². The van der Waals surface area contributed by atoms with Gasteiger partial charge in [0, 0.05) is 124 Å². The number of carboxylic acid groups (broad SMARTS) is 4. The standard InChI is InChI=1S/C66H105N7O19.C41H66N2O13.2H2/c1-8-46(5)53(9-2)63(81)73-62(45(3)4)66(86)92-58(39-50-40-67-44-71-50)57(77)41-70-54(56(76)38-47(6)48(7)74)21-16-17-29-68-60(79)42-90-37-35-88-33-30-69-61(80)43-89-36-34-87-31-19-20-51(75)25-28-55(65(84)85)72-59(78)22-15-13-11-10-12-14-18-32-91-52-26-23-49(24-27-52)64(82)83;1-2-3-10-21-42-39(47)32-55-29-26-52-23-12-14-36(45)31-54-28-27-53-25-22-43-38(46)20-17-34(41(50)51)30-35(44)13-9-7-5-4-6-8-11-24-56-37-18-15-33(16-19-37)40(48)49;;/h23-24,26-27,40,44-47,53-55,58,62,70H,8-22,25,28-39,41-43H2,1-7H3,(H,67,71)(H,68,79)(H,69,80)(H,72,78)(H,73,81)(H,82,83)(H,84,85);15-16,18-19,34H,2-14,17,20-32H2,1H3,(H,42,47)(H,43,46)(H,48,49)(H,50,51);2*1H/t46-,47+,53-,54-,55-,58-,62-;34-;;/m01../s1. The van der Waals surface area contributed by atoms with Crippen molar-refractivity contribution in [3.05, 3.63) is 77.9 Å². The van der Waals surface area contributed by atoms with Crippen molar-refractivity contribution in [2.75, 3.05) is 152 Å². The lowest BCUT2D eigenvalue weighted by Gasteiger charge is -2.27. The third kappa shape index (κ3) is 69.4. The van der Waals surface area contributed by atoms with Crippen LogP contribution in [0, 0.1) is 29.6 Å². The maximum Gasteiger partial charge on any atom is 0.335 e. The van der Waals surface area contributed by atoms with Gasteiger partial charge in [0.15, 0.2) is 17.7 Å². The summed E-state index contributed by atoms with van der Waals surface area (Å²) in [6, 6.07) is 9.62. The van der Waals surface area contributed by atoms with Crippen LogP contribution in [-0.2, 0) is 121 Å². The fourth-order valence-corrected chi connectivity index (χ4v) is 15.0. The Morgan fingerprint density at radius 3 is 1.34 bits per heavy atom. The van der Waals surface area contributed by atoms with E-state index in [1.54, 1.807) is 45.0 Å². The summed E-state index contributed by atoms with van der Waals surface area (Å²) in [5, 5.41) is 56.4. The Morgan fingerprint density at radius 1 is 0.399 bits per heavy atom. The number of imidazole rings is 1. The van der Waals surface area contributed by atoms with Crippen molar-refractivity contribution >= 4 is 100.0 Å². The van der Waals surface area contributed by atoms with Crippen LogP contribution >= 0.6 is 0 Å². The number of rotatable bonds is 96. The minimum Gasteiger partial charge on any atom is -0.494 e. The Balaban J connectivity index is 0.00000328. The summed E-state index contributed by atoms with van der Waals surface area (Å²) in [4.78, 5) is 216. The van der Waals surface area contributed by atoms with E-state index in [9.17, 15) is 91.7 Å². The van der Waals surface area contributed by atoms with Crippen molar-refractivity contribution in [2.45, 2.75) is 304 Å². The number of aromatic carboxylic acids is 2. The number of hydrogen-bond acceptors (Lipinski definition) is 30. The molecule has 0 saturated heterocycles. The van der Waals surface area contributed by atoms with Gasteiger partial charge in [0.05, 0.1) is 115 Å². The van der Waals surface area contributed by atoms with Crippen molar-refractivity contribution in [1.29, 1.82) is 0 Å². The molecule has 3 rings (SSSR count). The van der Waals surface area contributed by atoms with Gasteiger partial charge in [-0.15, -0.1) is 0 Å². The highest BCUT2D eigenvalue weighted by Gasteiger charge is 2.35. The van der Waals surface area contributed by atoms with E-state index in [0.29, 0.717) is 115 Å². The maximum absolute atomic E-state index is 13.8. The Bertz CT molecular complexity index is 4270. The lowest BCUT2D eigenvalue weighted by Crippen LogP contribution is -2.50. The molecule has 1 aromatic heterocycles. The highest BCUT2D eigenvalue weighted by Crippen LogP contribution is 2.24. The van der Waals surface area contributed by atoms with Gasteiger partial charge in [-0.2, -0.15) is 0 Å². The number of unbranched alkanes of at least 4 members (excludes halogenated alkanes) is 15. The zero-order chi connectivity index (χ0) is 109. The predicted molar refractivity (Wildman–Crippen MR) is 554 cm³/mol. The number of aromatic amines is 1. The molecule has 0 aliphatic carbocycles. The smallest absolute Gasteiger partial charge is 0.335 e. The van der Waals surface area contributed by atoms with E-state index >= 15 is 0 Å². The van der Waals surface area contributed by atoms with E-state index in [4.69, 9.17) is 62.3 Å². The Kier molecular flexibility index (Phi) is 77.2. The van der Waals surface area contributed by atoms with E-state index in [2.05, 4.69) is 54.1 Å². The fraction of sp³-hybridized carbons (Fsp3) is 0.701. The number of hydrogen-bond donors (Lipinski definition) is 12. The molecular weight excluding hydrogens is 1920 g/mol. The third-order valence-electron chi connectivity index (χ3n) is 24.2. The number of carbonyl (C=O) groups is 17. The Morgan fingerprint density at radius 2 is 0.865 bits per heavy atom. The van der Waals surface area contributed by atoms with Gasteiger partial charge in [-0.3, -0.25) is 62.3 Å². The summed E-state index contributed by atoms with van der Waals surface area (Å²) in [5.41, 5.74) is 0.961. The largest absolute Gasteiger partial charge is 0.494 e. The molecule has 0 bridgehead atoms. The van der Waals surface area contributed by atoms with Gasteiger partial charge >= 0.3 is 29.8 Å². The van der Waals surface area contributed by atoms with E-state index in [1.807, 2.05) is 20.8 Å². The number of nitrogens with one attached hydrogen (secondary N) is 8. The molecule has 0 saturated carbocycles. The Labute approximate surface area is 875 Å². The fourth-order valence-electron chi connectivity index (χ4n) is 15.0. The van der Waals surface area contributed by atoms with Crippen LogP contribution in [0.1, 0.15) is 303 Å². The first-order chi connectivity index (χ1) is 71.2. The number of aliphatic carboxylic acids is 2. The van der Waals surface area contributed by atoms with Gasteiger partial charge in [0.1, 0.15) is 73.1 Å². The molecule has 840 valence electrons. The van der Waals surface area contributed by atoms with Crippen molar-refractivity contribution in [3.63, 3.8) is 0 Å². The van der Waals surface area contributed by atoms with Crippen molar-refractivity contribution in [2.24, 2.45) is 29.6 Å². The van der Waals surface area contributed by atoms with Crippen LogP contribution in [0.15, 0.2) is 61.1 Å². The first-order valence-corrected chi connectivity index (χ1v) is 52.9. The highest BCUT2D eigenvalue weighted by atomic mass is 16.6. The third-order valence-corrected chi connectivity index (χ3v) is 24.2. The van der Waals surface area contributed by atoms with Crippen LogP contribution in [0.2, 0.25) is 0 Å². The molecule has 0 unspecified atom stereocenters. The van der Waals surface area contributed by atoms with Crippen LogP contribution in [0.25, 0.3) is 0 Å². The first-order valence-electron chi connectivity index (χ1n) is 52.9. The normalized spacial score (nSPS) is 12.8. The van der Waals surface area contributed by atoms with Crippen molar-refractivity contribution < 1.29 is 157 Å². The second-order valence-electron chi connectivity index (χ2n) is 37.1. The topological polar surface area (TPSA) is 586 Å². The maximum atomic E-state index is 13.8. The average Bonchev–Trinajstić information content (AvgIpc) is 0.966. The second-order valence-corrected chi connectivity index (χ2v) is 37.1. The van der Waals surface area contributed by atoms with E-state index < -0.39 is 71.7 Å². The minimum atomic E-state index is -1.28. The van der Waals surface area contributed by atoms with Gasteiger partial charge in [0.2, 0.25) is 35.4 Å². The zero-order valence-electron chi connectivity index (χ0n) is 88.6. The molecule has 0 aliphatic heterocycles. The average molecular weight is 2100 g/mol. The number of nitrogens with zero attached hydrogens (tertiary/aromatic N) is 1. The summed E-state index contributed by atoms with van der Waals surface area (Å²) in [6.07, 6.45) is 22.1. The molecule has 6 amide bonds. The predicted octanol–water partition coefficient (Wildman–Crippen LogP) is 11.5. The molecule has 0 fully saturated rings. The number of benzene rings is 2. The quantitative estimate of drug-likeness (QED) is 0.0184. The van der Waals surface area contributed by atoms with E-state index in [0.717, 1.165) is 103 Å². The number of H-pyrrole nitrogens is 1.